The second-order valence-corrected chi connectivity index (χ2v) is 5.86. The predicted octanol–water partition coefficient (Wildman–Crippen LogP) is 4.08. The van der Waals surface area contributed by atoms with Crippen LogP contribution in [0, 0.1) is 0 Å². The molecule has 122 valence electrons. The summed E-state index contributed by atoms with van der Waals surface area (Å²) in [5, 5.41) is 3.72. The number of nitrogens with one attached hydrogen (secondary N) is 1. The number of hydrogen-bond acceptors (Lipinski definition) is 2. The van der Waals surface area contributed by atoms with E-state index in [4.69, 9.17) is 11.6 Å². The van der Waals surface area contributed by atoms with Crippen LogP contribution in [0.3, 0.4) is 0 Å². The lowest BCUT2D eigenvalue weighted by molar-refractivity contribution is -0.113. The minimum atomic E-state index is -0.143. The largest absolute Gasteiger partial charge is 0.321 e. The molecule has 24 heavy (non-hydrogen) atoms. The zero-order valence-corrected chi connectivity index (χ0v) is 14.1. The van der Waals surface area contributed by atoms with E-state index < -0.39 is 0 Å². The van der Waals surface area contributed by atoms with Gasteiger partial charge in [-0.05, 0) is 36.3 Å². The van der Waals surface area contributed by atoms with E-state index in [1.807, 2.05) is 55.5 Å². The number of guanidine groups is 1. The molecular formula is C19H18ClN3O. The first-order valence-corrected chi connectivity index (χ1v) is 8.25. The molecule has 1 aliphatic heterocycles. The number of anilines is 1. The Hall–Kier alpha value is -2.59. The third-order valence-electron chi connectivity index (χ3n) is 3.55. The van der Waals surface area contributed by atoms with E-state index in [0.717, 1.165) is 12.0 Å². The van der Waals surface area contributed by atoms with Gasteiger partial charge in [-0.15, -0.1) is 0 Å². The van der Waals surface area contributed by atoms with Crippen LogP contribution < -0.4 is 10.2 Å². The van der Waals surface area contributed by atoms with E-state index in [1.165, 1.54) is 0 Å². The Morgan fingerprint density at radius 3 is 2.67 bits per heavy atom. The number of nitrogens with zero attached hydrogens (tertiary/aromatic N) is 2. The molecule has 1 fully saturated rings. The highest BCUT2D eigenvalue weighted by Gasteiger charge is 2.33. The van der Waals surface area contributed by atoms with Crippen LogP contribution in [-0.2, 0) is 4.79 Å². The van der Waals surface area contributed by atoms with Crippen LogP contribution >= 0.6 is 11.6 Å². The van der Waals surface area contributed by atoms with Crippen molar-refractivity contribution < 1.29 is 4.79 Å². The monoisotopic (exact) mass is 339 g/mol. The quantitative estimate of drug-likeness (QED) is 0.853. The van der Waals surface area contributed by atoms with Gasteiger partial charge in [0, 0.05) is 11.6 Å². The first kappa shape index (κ1) is 16.3. The van der Waals surface area contributed by atoms with E-state index in [-0.39, 0.29) is 5.91 Å². The lowest BCUT2D eigenvalue weighted by Crippen LogP contribution is -2.32. The van der Waals surface area contributed by atoms with Crippen molar-refractivity contribution in [3.05, 3.63) is 70.9 Å². The van der Waals surface area contributed by atoms with Gasteiger partial charge in [0.25, 0.3) is 5.91 Å². The molecule has 0 unspecified atom stereocenters. The Morgan fingerprint density at radius 2 is 1.96 bits per heavy atom. The highest BCUT2D eigenvalue weighted by molar-refractivity contribution is 6.32. The molecule has 3 rings (SSSR count). The van der Waals surface area contributed by atoms with Crippen LogP contribution in [0.5, 0.6) is 0 Å². The third kappa shape index (κ3) is 3.49. The molecule has 0 aromatic heterocycles. The fraction of sp³-hybridized carbons (Fsp3) is 0.158. The molecule has 0 spiro atoms. The van der Waals surface area contributed by atoms with Crippen LogP contribution in [0.4, 0.5) is 5.69 Å². The van der Waals surface area contributed by atoms with Gasteiger partial charge in [-0.2, -0.15) is 0 Å². The van der Waals surface area contributed by atoms with Crippen LogP contribution in [0.1, 0.15) is 18.9 Å². The maximum absolute atomic E-state index is 12.9. The van der Waals surface area contributed by atoms with Gasteiger partial charge < -0.3 is 5.32 Å². The van der Waals surface area contributed by atoms with Crippen molar-refractivity contribution in [2.75, 3.05) is 11.4 Å². The van der Waals surface area contributed by atoms with Crippen molar-refractivity contribution in [1.82, 2.24) is 5.32 Å². The van der Waals surface area contributed by atoms with Crippen LogP contribution in [0.25, 0.3) is 6.08 Å². The number of amides is 1. The number of aliphatic imine (C=N–C) groups is 1. The molecule has 0 bridgehead atoms. The molecule has 1 saturated heterocycles. The summed E-state index contributed by atoms with van der Waals surface area (Å²) in [6.45, 7) is 2.69. The summed E-state index contributed by atoms with van der Waals surface area (Å²) in [6, 6.07) is 16.9. The van der Waals surface area contributed by atoms with Crippen LogP contribution in [0.2, 0.25) is 5.02 Å². The standard InChI is InChI=1S/C19H18ClN3O/c1-2-11-21-19-22-17(12-14-7-4-3-5-8-14)18(24)23(19)16-10-6-9-15(20)13-16/h3-10,12-13H,2,11H2,1H3,(H,21,22)/b17-12-. The Labute approximate surface area is 146 Å². The summed E-state index contributed by atoms with van der Waals surface area (Å²) in [7, 11) is 0. The van der Waals surface area contributed by atoms with Gasteiger partial charge in [0.15, 0.2) is 0 Å². The normalized spacial score (nSPS) is 17.6. The number of rotatable bonds is 4. The smallest absolute Gasteiger partial charge is 0.281 e. The molecule has 5 heteroatoms. The molecule has 0 aliphatic carbocycles. The Bertz CT molecular complexity index is 799. The van der Waals surface area contributed by atoms with Crippen molar-refractivity contribution in [3.63, 3.8) is 0 Å². The van der Waals surface area contributed by atoms with Crippen molar-refractivity contribution >= 4 is 35.2 Å². The van der Waals surface area contributed by atoms with Crippen molar-refractivity contribution in [3.8, 4) is 0 Å². The first-order valence-electron chi connectivity index (χ1n) is 7.87. The number of carbonyl (C=O) groups is 1. The summed E-state index contributed by atoms with van der Waals surface area (Å²) in [4.78, 5) is 18.9. The SMILES string of the molecule is CCCN=C1N/C(=C\c2ccccc2)C(=O)N1c1cccc(Cl)c1. The maximum atomic E-state index is 12.9. The molecular weight excluding hydrogens is 322 g/mol. The highest BCUT2D eigenvalue weighted by Crippen LogP contribution is 2.25. The van der Waals surface area contributed by atoms with Crippen LogP contribution in [-0.4, -0.2) is 18.4 Å². The molecule has 0 radical (unpaired) electrons. The van der Waals surface area contributed by atoms with Gasteiger partial charge in [0.1, 0.15) is 5.70 Å². The molecule has 0 atom stereocenters. The molecule has 4 nitrogen and oxygen atoms in total. The third-order valence-corrected chi connectivity index (χ3v) is 3.79. The van der Waals surface area contributed by atoms with Gasteiger partial charge in [0.05, 0.1) is 5.69 Å². The Kier molecular flexibility index (Phi) is 4.96. The lowest BCUT2D eigenvalue weighted by atomic mass is 10.2. The van der Waals surface area contributed by atoms with E-state index >= 15 is 0 Å². The molecule has 2 aromatic rings. The molecule has 1 heterocycles. The number of carbonyl (C=O) groups excluding carboxylic acids is 1. The van der Waals surface area contributed by atoms with Gasteiger partial charge in [-0.25, -0.2) is 4.90 Å². The highest BCUT2D eigenvalue weighted by atomic mass is 35.5. The minimum Gasteiger partial charge on any atom is -0.321 e. The van der Waals surface area contributed by atoms with Crippen molar-refractivity contribution in [2.45, 2.75) is 13.3 Å². The molecule has 1 N–H and O–H groups in total. The van der Waals surface area contributed by atoms with Gasteiger partial charge in [-0.1, -0.05) is 54.9 Å². The average Bonchev–Trinajstić information content (AvgIpc) is 2.89. The number of halogens is 1. The van der Waals surface area contributed by atoms with E-state index in [9.17, 15) is 4.79 Å². The lowest BCUT2D eigenvalue weighted by Gasteiger charge is -2.15. The second-order valence-electron chi connectivity index (χ2n) is 5.42. The van der Waals surface area contributed by atoms with Gasteiger partial charge in [0.2, 0.25) is 5.96 Å². The summed E-state index contributed by atoms with van der Waals surface area (Å²) >= 11 is 6.08. The minimum absolute atomic E-state index is 0.143. The summed E-state index contributed by atoms with van der Waals surface area (Å²) in [5.74, 6) is 0.391. The second kappa shape index (κ2) is 7.32. The molecule has 0 saturated carbocycles. The molecule has 1 amide bonds. The van der Waals surface area contributed by atoms with E-state index in [1.54, 1.807) is 17.0 Å². The van der Waals surface area contributed by atoms with Crippen molar-refractivity contribution in [2.24, 2.45) is 4.99 Å². The molecule has 2 aromatic carbocycles. The Balaban J connectivity index is 1.99. The fourth-order valence-corrected chi connectivity index (χ4v) is 2.63. The Morgan fingerprint density at radius 1 is 1.17 bits per heavy atom. The summed E-state index contributed by atoms with van der Waals surface area (Å²) in [5.41, 5.74) is 2.15. The van der Waals surface area contributed by atoms with Gasteiger partial charge >= 0.3 is 0 Å². The maximum Gasteiger partial charge on any atom is 0.281 e. The average molecular weight is 340 g/mol. The predicted molar refractivity (Wildman–Crippen MR) is 99.1 cm³/mol. The van der Waals surface area contributed by atoms with E-state index in [0.29, 0.717) is 28.9 Å². The van der Waals surface area contributed by atoms with Crippen molar-refractivity contribution in [1.29, 1.82) is 0 Å². The van der Waals surface area contributed by atoms with Crippen LogP contribution in [0.15, 0.2) is 65.3 Å². The fourth-order valence-electron chi connectivity index (χ4n) is 2.44. The summed E-state index contributed by atoms with van der Waals surface area (Å²) in [6.07, 6.45) is 2.73. The number of benzene rings is 2. The molecule has 1 aliphatic rings. The van der Waals surface area contributed by atoms with E-state index in [2.05, 4.69) is 10.3 Å². The topological polar surface area (TPSA) is 44.7 Å². The zero-order chi connectivity index (χ0) is 16.9. The summed E-state index contributed by atoms with van der Waals surface area (Å²) < 4.78 is 0. The first-order chi connectivity index (χ1) is 11.7. The number of hydrogen-bond donors (Lipinski definition) is 1. The van der Waals surface area contributed by atoms with Gasteiger partial charge in [-0.3, -0.25) is 9.79 Å². The zero-order valence-electron chi connectivity index (χ0n) is 13.4.